The third-order valence-corrected chi connectivity index (χ3v) is 4.12. The lowest BCUT2D eigenvalue weighted by Gasteiger charge is -2.33. The standard InChI is InChI=1S/C15H22ClN3O.ClH/c1-11(17)12-6-8-19(9-7-12)10-15(20)18-14-4-2-13(16)3-5-14;/h2-5,11-12H,6-10,17H2,1H3,(H,18,20);1H. The van der Waals surface area contributed by atoms with Gasteiger partial charge in [-0.05, 0) is 63.0 Å². The number of hydrogen-bond donors (Lipinski definition) is 2. The van der Waals surface area contributed by atoms with Crippen molar-refractivity contribution >= 4 is 35.6 Å². The van der Waals surface area contributed by atoms with Gasteiger partial charge in [-0.2, -0.15) is 0 Å². The molecule has 0 saturated carbocycles. The Hall–Kier alpha value is -0.810. The number of likely N-dealkylation sites (tertiary alicyclic amines) is 1. The van der Waals surface area contributed by atoms with Gasteiger partial charge >= 0.3 is 0 Å². The second-order valence-corrected chi connectivity index (χ2v) is 5.96. The van der Waals surface area contributed by atoms with E-state index in [2.05, 4.69) is 17.1 Å². The summed E-state index contributed by atoms with van der Waals surface area (Å²) in [7, 11) is 0. The quantitative estimate of drug-likeness (QED) is 0.891. The summed E-state index contributed by atoms with van der Waals surface area (Å²) in [6.07, 6.45) is 2.15. The van der Waals surface area contributed by atoms with Gasteiger partial charge in [-0.3, -0.25) is 9.69 Å². The van der Waals surface area contributed by atoms with Crippen LogP contribution in [0.4, 0.5) is 5.69 Å². The van der Waals surface area contributed by atoms with E-state index in [0.29, 0.717) is 17.5 Å². The maximum absolute atomic E-state index is 12.0. The smallest absolute Gasteiger partial charge is 0.238 e. The first kappa shape index (κ1) is 18.2. The highest BCUT2D eigenvalue weighted by molar-refractivity contribution is 6.30. The van der Waals surface area contributed by atoms with Crippen molar-refractivity contribution in [3.8, 4) is 0 Å². The van der Waals surface area contributed by atoms with Crippen molar-refractivity contribution in [3.05, 3.63) is 29.3 Å². The molecule has 0 radical (unpaired) electrons. The third kappa shape index (κ3) is 5.83. The lowest BCUT2D eigenvalue weighted by Crippen LogP contribution is -2.42. The van der Waals surface area contributed by atoms with Gasteiger partial charge in [0, 0.05) is 16.8 Å². The highest BCUT2D eigenvalue weighted by Gasteiger charge is 2.22. The summed E-state index contributed by atoms with van der Waals surface area (Å²) in [5.74, 6) is 0.608. The second kappa shape index (κ2) is 8.59. The Morgan fingerprint density at radius 3 is 2.48 bits per heavy atom. The van der Waals surface area contributed by atoms with E-state index in [1.165, 1.54) is 0 Å². The van der Waals surface area contributed by atoms with Crippen molar-refractivity contribution in [1.29, 1.82) is 0 Å². The zero-order valence-corrected chi connectivity index (χ0v) is 13.8. The van der Waals surface area contributed by atoms with Crippen LogP contribution in [0.1, 0.15) is 19.8 Å². The summed E-state index contributed by atoms with van der Waals surface area (Å²) in [5.41, 5.74) is 6.70. The predicted molar refractivity (Wildman–Crippen MR) is 90.1 cm³/mol. The normalized spacial score (nSPS) is 17.9. The van der Waals surface area contributed by atoms with Crippen LogP contribution in [0.2, 0.25) is 5.02 Å². The van der Waals surface area contributed by atoms with E-state index in [-0.39, 0.29) is 24.4 Å². The summed E-state index contributed by atoms with van der Waals surface area (Å²) in [6, 6.07) is 7.40. The zero-order chi connectivity index (χ0) is 14.5. The molecule has 2 rings (SSSR count). The fourth-order valence-electron chi connectivity index (χ4n) is 2.57. The van der Waals surface area contributed by atoms with Crippen LogP contribution < -0.4 is 11.1 Å². The number of benzene rings is 1. The Morgan fingerprint density at radius 2 is 1.95 bits per heavy atom. The van der Waals surface area contributed by atoms with Crippen molar-refractivity contribution in [2.24, 2.45) is 11.7 Å². The highest BCUT2D eigenvalue weighted by atomic mass is 35.5. The van der Waals surface area contributed by atoms with E-state index in [1.807, 2.05) is 12.1 Å². The molecule has 6 heteroatoms. The van der Waals surface area contributed by atoms with Gasteiger partial charge < -0.3 is 11.1 Å². The fraction of sp³-hybridized carbons (Fsp3) is 0.533. The van der Waals surface area contributed by atoms with Crippen molar-refractivity contribution in [3.63, 3.8) is 0 Å². The first-order valence-electron chi connectivity index (χ1n) is 7.08. The van der Waals surface area contributed by atoms with Crippen LogP contribution in [0, 0.1) is 5.92 Å². The topological polar surface area (TPSA) is 58.4 Å². The average Bonchev–Trinajstić information content (AvgIpc) is 2.42. The summed E-state index contributed by atoms with van der Waals surface area (Å²) < 4.78 is 0. The first-order valence-corrected chi connectivity index (χ1v) is 7.46. The van der Waals surface area contributed by atoms with Crippen LogP contribution in [0.15, 0.2) is 24.3 Å². The number of amides is 1. The minimum absolute atomic E-state index is 0. The van der Waals surface area contributed by atoms with E-state index in [0.717, 1.165) is 31.6 Å². The van der Waals surface area contributed by atoms with Gasteiger partial charge in [0.2, 0.25) is 5.91 Å². The van der Waals surface area contributed by atoms with Gasteiger partial charge in [0.15, 0.2) is 0 Å². The maximum Gasteiger partial charge on any atom is 0.238 e. The molecule has 1 unspecified atom stereocenters. The number of piperidine rings is 1. The number of halogens is 2. The Labute approximate surface area is 137 Å². The summed E-state index contributed by atoms with van der Waals surface area (Å²) in [4.78, 5) is 14.2. The van der Waals surface area contributed by atoms with Crippen molar-refractivity contribution in [2.45, 2.75) is 25.8 Å². The molecule has 1 fully saturated rings. The molecule has 0 bridgehead atoms. The van der Waals surface area contributed by atoms with Crippen molar-refractivity contribution < 1.29 is 4.79 Å². The van der Waals surface area contributed by atoms with Gasteiger partial charge in [0.25, 0.3) is 0 Å². The van der Waals surface area contributed by atoms with E-state index in [4.69, 9.17) is 17.3 Å². The molecule has 1 aliphatic rings. The van der Waals surface area contributed by atoms with E-state index < -0.39 is 0 Å². The Bertz CT molecular complexity index is 443. The molecule has 21 heavy (non-hydrogen) atoms. The van der Waals surface area contributed by atoms with Gasteiger partial charge in [-0.25, -0.2) is 0 Å². The highest BCUT2D eigenvalue weighted by Crippen LogP contribution is 2.19. The molecule has 0 aliphatic carbocycles. The van der Waals surface area contributed by atoms with Crippen LogP contribution in [0.25, 0.3) is 0 Å². The van der Waals surface area contributed by atoms with Gasteiger partial charge in [0.05, 0.1) is 6.54 Å². The van der Waals surface area contributed by atoms with Gasteiger partial charge in [0.1, 0.15) is 0 Å². The lowest BCUT2D eigenvalue weighted by molar-refractivity contribution is -0.117. The number of nitrogens with zero attached hydrogens (tertiary/aromatic N) is 1. The zero-order valence-electron chi connectivity index (χ0n) is 12.2. The molecule has 3 N–H and O–H groups in total. The number of hydrogen-bond acceptors (Lipinski definition) is 3. The molecule has 1 aromatic rings. The Kier molecular flexibility index (Phi) is 7.46. The van der Waals surface area contributed by atoms with Crippen LogP contribution >= 0.6 is 24.0 Å². The van der Waals surface area contributed by atoms with Crippen molar-refractivity contribution in [2.75, 3.05) is 25.0 Å². The maximum atomic E-state index is 12.0. The summed E-state index contributed by atoms with van der Waals surface area (Å²) >= 11 is 5.81. The molecule has 1 heterocycles. The monoisotopic (exact) mass is 331 g/mol. The molecular formula is C15H23Cl2N3O. The second-order valence-electron chi connectivity index (χ2n) is 5.53. The molecule has 1 aliphatic heterocycles. The fourth-order valence-corrected chi connectivity index (χ4v) is 2.70. The molecule has 118 valence electrons. The van der Waals surface area contributed by atoms with Crippen LogP contribution in [-0.4, -0.2) is 36.5 Å². The van der Waals surface area contributed by atoms with Crippen molar-refractivity contribution in [1.82, 2.24) is 4.90 Å². The first-order chi connectivity index (χ1) is 9.54. The van der Waals surface area contributed by atoms with E-state index in [1.54, 1.807) is 12.1 Å². The Morgan fingerprint density at radius 1 is 1.38 bits per heavy atom. The predicted octanol–water partition coefficient (Wildman–Crippen LogP) is 2.76. The summed E-state index contributed by atoms with van der Waals surface area (Å²) in [5, 5.41) is 3.55. The number of rotatable bonds is 4. The molecule has 0 aromatic heterocycles. The van der Waals surface area contributed by atoms with Gasteiger partial charge in [-0.15, -0.1) is 12.4 Å². The lowest BCUT2D eigenvalue weighted by atomic mass is 9.91. The number of anilines is 1. The third-order valence-electron chi connectivity index (χ3n) is 3.87. The van der Waals surface area contributed by atoms with Crippen LogP contribution in [0.5, 0.6) is 0 Å². The molecule has 1 amide bonds. The minimum atomic E-state index is 0. The number of nitrogens with two attached hydrogens (primary N) is 1. The van der Waals surface area contributed by atoms with Gasteiger partial charge in [-0.1, -0.05) is 11.6 Å². The van der Waals surface area contributed by atoms with E-state index in [9.17, 15) is 4.79 Å². The number of nitrogens with one attached hydrogen (secondary N) is 1. The van der Waals surface area contributed by atoms with E-state index >= 15 is 0 Å². The Balaban J connectivity index is 0.00000220. The van der Waals surface area contributed by atoms with Crippen LogP contribution in [0.3, 0.4) is 0 Å². The molecule has 0 spiro atoms. The molecule has 1 atom stereocenters. The molecule has 1 aromatic carbocycles. The summed E-state index contributed by atoms with van der Waals surface area (Å²) in [6.45, 7) is 4.39. The molecular weight excluding hydrogens is 309 g/mol. The number of carbonyl (C=O) groups excluding carboxylic acids is 1. The van der Waals surface area contributed by atoms with Crippen LogP contribution in [-0.2, 0) is 4.79 Å². The number of carbonyl (C=O) groups is 1. The molecule has 1 saturated heterocycles. The average molecular weight is 332 g/mol. The SMILES string of the molecule is CC(N)C1CCN(CC(=O)Nc2ccc(Cl)cc2)CC1.Cl. The molecule has 4 nitrogen and oxygen atoms in total. The minimum Gasteiger partial charge on any atom is -0.328 e. The largest absolute Gasteiger partial charge is 0.328 e.